The van der Waals surface area contributed by atoms with Crippen LogP contribution in [-0.2, 0) is 19.0 Å². The van der Waals surface area contributed by atoms with E-state index >= 15 is 0 Å². The van der Waals surface area contributed by atoms with Crippen LogP contribution in [0.5, 0.6) is 0 Å². The monoisotopic (exact) mass is 385 g/mol. The number of aliphatic hydroxyl groups is 2. The number of aliphatic hydroxyl groups excluding tert-OH is 2. The van der Waals surface area contributed by atoms with Crippen molar-refractivity contribution in [2.24, 2.45) is 0 Å². The Hall–Kier alpha value is -2.05. The fraction of sp³-hybridized carbons (Fsp3) is 0.688. The van der Waals surface area contributed by atoms with Crippen molar-refractivity contribution in [1.82, 2.24) is 9.55 Å². The first-order chi connectivity index (χ1) is 12.9. The van der Waals surface area contributed by atoms with Gasteiger partial charge in [0.1, 0.15) is 24.9 Å². The number of nitrogens with one attached hydrogen (secondary N) is 1. The second kappa shape index (κ2) is 7.90. The smallest absolute Gasteiger partial charge is 0.351 e. The van der Waals surface area contributed by atoms with Crippen LogP contribution in [-0.4, -0.2) is 68.1 Å². The number of carbonyl (C=O) groups is 1. The fourth-order valence-corrected chi connectivity index (χ4v) is 3.34. The Morgan fingerprint density at radius 2 is 2.26 bits per heavy atom. The van der Waals surface area contributed by atoms with Crippen LogP contribution >= 0.6 is 0 Å². The standard InChI is InChI=1S/C16H23N3O8/c1-2-16(5-3-7-26-16)14(22)25-8-9-11(20)12(21)13(27-9)19-6-4-10(18-24)17-15(19)23/h4,6,9,11-13,20-21,24H,2-3,5,7-8H2,1H3,(H,17,18,23)/t9-,11-,12-,13-,16+/m1/s1. The molecular weight excluding hydrogens is 362 g/mol. The molecule has 0 amide bonds. The SMILES string of the molecule is CC[C@@]1(C(=O)OC[C@H]2O[C@@H](n3ccc(NO)nc3=O)[C@H](O)[C@@H]2O)CCCO1. The average molecular weight is 385 g/mol. The van der Waals surface area contributed by atoms with E-state index in [0.29, 0.717) is 19.4 Å². The van der Waals surface area contributed by atoms with Gasteiger partial charge in [-0.3, -0.25) is 15.3 Å². The molecule has 4 N–H and O–H groups in total. The first kappa shape index (κ1) is 19.7. The van der Waals surface area contributed by atoms with Crippen LogP contribution in [0.15, 0.2) is 17.1 Å². The van der Waals surface area contributed by atoms with E-state index in [1.54, 1.807) is 5.48 Å². The Morgan fingerprint density at radius 3 is 2.85 bits per heavy atom. The first-order valence-corrected chi connectivity index (χ1v) is 8.74. The van der Waals surface area contributed by atoms with Gasteiger partial charge in [0.25, 0.3) is 0 Å². The third-order valence-electron chi connectivity index (χ3n) is 4.98. The Labute approximate surface area is 154 Å². The van der Waals surface area contributed by atoms with Crippen molar-refractivity contribution >= 4 is 11.8 Å². The van der Waals surface area contributed by atoms with Gasteiger partial charge < -0.3 is 24.4 Å². The lowest BCUT2D eigenvalue weighted by Gasteiger charge is -2.25. The minimum Gasteiger partial charge on any atom is -0.461 e. The topological polar surface area (TPSA) is 152 Å². The molecular formula is C16H23N3O8. The van der Waals surface area contributed by atoms with Gasteiger partial charge in [0.05, 0.1) is 0 Å². The van der Waals surface area contributed by atoms with E-state index in [0.717, 1.165) is 11.0 Å². The molecule has 150 valence electrons. The summed E-state index contributed by atoms with van der Waals surface area (Å²) in [7, 11) is 0. The third kappa shape index (κ3) is 3.69. The zero-order chi connectivity index (χ0) is 19.6. The number of hydrogen-bond acceptors (Lipinski definition) is 10. The number of nitrogens with zero attached hydrogens (tertiary/aromatic N) is 2. The van der Waals surface area contributed by atoms with E-state index in [-0.39, 0.29) is 12.4 Å². The average Bonchev–Trinajstić information content (AvgIpc) is 3.27. The molecule has 0 spiro atoms. The summed E-state index contributed by atoms with van der Waals surface area (Å²) in [6.07, 6.45) is -1.98. The van der Waals surface area contributed by atoms with Crippen molar-refractivity contribution in [2.75, 3.05) is 18.7 Å². The number of aromatic nitrogens is 2. The molecule has 0 aliphatic carbocycles. The molecule has 2 aliphatic rings. The molecule has 0 unspecified atom stereocenters. The summed E-state index contributed by atoms with van der Waals surface area (Å²) in [6, 6.07) is 1.29. The lowest BCUT2D eigenvalue weighted by molar-refractivity contribution is -0.173. The number of esters is 1. The van der Waals surface area contributed by atoms with E-state index in [9.17, 15) is 19.8 Å². The van der Waals surface area contributed by atoms with E-state index in [1.165, 1.54) is 12.3 Å². The maximum Gasteiger partial charge on any atom is 0.351 e. The van der Waals surface area contributed by atoms with E-state index in [2.05, 4.69) is 4.98 Å². The minimum absolute atomic E-state index is 0.0730. The molecule has 27 heavy (non-hydrogen) atoms. The summed E-state index contributed by atoms with van der Waals surface area (Å²) in [6.45, 7) is 2.02. The van der Waals surface area contributed by atoms with E-state index < -0.39 is 41.8 Å². The second-order valence-electron chi connectivity index (χ2n) is 6.56. The summed E-state index contributed by atoms with van der Waals surface area (Å²) in [5.41, 5.74) is -0.0391. The van der Waals surface area contributed by atoms with Gasteiger partial charge >= 0.3 is 11.7 Å². The molecule has 2 aliphatic heterocycles. The van der Waals surface area contributed by atoms with Gasteiger partial charge in [-0.15, -0.1) is 0 Å². The van der Waals surface area contributed by atoms with Gasteiger partial charge in [-0.25, -0.2) is 9.59 Å². The molecule has 1 aromatic heterocycles. The van der Waals surface area contributed by atoms with Gasteiger partial charge in [-0.1, -0.05) is 6.92 Å². The largest absolute Gasteiger partial charge is 0.461 e. The normalized spacial score (nSPS) is 33.2. The highest BCUT2D eigenvalue weighted by molar-refractivity contribution is 5.79. The lowest BCUT2D eigenvalue weighted by Crippen LogP contribution is -2.41. The summed E-state index contributed by atoms with van der Waals surface area (Å²) >= 11 is 0. The molecule has 11 nitrogen and oxygen atoms in total. The Kier molecular flexibility index (Phi) is 5.77. The maximum absolute atomic E-state index is 12.4. The molecule has 3 rings (SSSR count). The van der Waals surface area contributed by atoms with Gasteiger partial charge in [0.2, 0.25) is 0 Å². The van der Waals surface area contributed by atoms with Gasteiger partial charge in [-0.2, -0.15) is 4.98 Å². The first-order valence-electron chi connectivity index (χ1n) is 8.74. The van der Waals surface area contributed by atoms with Crippen LogP contribution < -0.4 is 11.2 Å². The predicted molar refractivity (Wildman–Crippen MR) is 89.0 cm³/mol. The Bertz CT molecular complexity index is 733. The number of anilines is 1. The van der Waals surface area contributed by atoms with E-state index in [1.807, 2.05) is 6.92 Å². The summed E-state index contributed by atoms with van der Waals surface area (Å²) in [4.78, 5) is 27.9. The van der Waals surface area contributed by atoms with E-state index in [4.69, 9.17) is 19.4 Å². The highest BCUT2D eigenvalue weighted by Crippen LogP contribution is 2.32. The van der Waals surface area contributed by atoms with Crippen molar-refractivity contribution in [3.8, 4) is 0 Å². The molecule has 0 saturated carbocycles. The van der Waals surface area contributed by atoms with Crippen LogP contribution in [0.3, 0.4) is 0 Å². The van der Waals surface area contributed by atoms with Crippen molar-refractivity contribution in [2.45, 2.75) is 56.3 Å². The third-order valence-corrected chi connectivity index (χ3v) is 4.98. The van der Waals surface area contributed by atoms with Crippen LogP contribution in [0.2, 0.25) is 0 Å². The van der Waals surface area contributed by atoms with Gasteiger partial charge in [0, 0.05) is 12.8 Å². The molecule has 11 heteroatoms. The molecule has 0 bridgehead atoms. The fourth-order valence-electron chi connectivity index (χ4n) is 3.34. The van der Waals surface area contributed by atoms with Crippen LogP contribution in [0.1, 0.15) is 32.4 Å². The predicted octanol–water partition coefficient (Wildman–Crippen LogP) is -0.834. The van der Waals surface area contributed by atoms with Crippen molar-refractivity contribution < 1.29 is 34.4 Å². The van der Waals surface area contributed by atoms with Crippen molar-refractivity contribution in [1.29, 1.82) is 0 Å². The molecule has 0 radical (unpaired) electrons. The zero-order valence-corrected chi connectivity index (χ0v) is 14.8. The number of rotatable bonds is 6. The minimum atomic E-state index is -1.43. The van der Waals surface area contributed by atoms with Crippen molar-refractivity contribution in [3.05, 3.63) is 22.7 Å². The molecule has 2 fully saturated rings. The summed E-state index contributed by atoms with van der Waals surface area (Å²) in [5, 5.41) is 29.2. The van der Waals surface area contributed by atoms with Crippen LogP contribution in [0, 0.1) is 0 Å². The number of ether oxygens (including phenoxy) is 3. The summed E-state index contributed by atoms with van der Waals surface area (Å²) < 4.78 is 17.3. The molecule has 2 saturated heterocycles. The summed E-state index contributed by atoms with van der Waals surface area (Å²) in [5.74, 6) is -0.607. The van der Waals surface area contributed by atoms with Crippen LogP contribution in [0.25, 0.3) is 0 Å². The zero-order valence-electron chi connectivity index (χ0n) is 14.8. The second-order valence-corrected chi connectivity index (χ2v) is 6.56. The quantitative estimate of drug-likeness (QED) is 0.360. The molecule has 1 aromatic rings. The number of carbonyl (C=O) groups excluding carboxylic acids is 1. The van der Waals surface area contributed by atoms with Gasteiger partial charge in [0.15, 0.2) is 17.6 Å². The Morgan fingerprint density at radius 1 is 1.48 bits per heavy atom. The highest BCUT2D eigenvalue weighted by atomic mass is 16.6. The lowest BCUT2D eigenvalue weighted by atomic mass is 9.97. The highest BCUT2D eigenvalue weighted by Gasteiger charge is 2.47. The van der Waals surface area contributed by atoms with Crippen molar-refractivity contribution in [3.63, 3.8) is 0 Å². The molecule has 0 aromatic carbocycles. The van der Waals surface area contributed by atoms with Crippen LogP contribution in [0.4, 0.5) is 5.82 Å². The van der Waals surface area contributed by atoms with Gasteiger partial charge in [-0.05, 0) is 25.3 Å². The Balaban J connectivity index is 1.66. The maximum atomic E-state index is 12.4. The molecule has 5 atom stereocenters. The number of hydrogen-bond donors (Lipinski definition) is 4. The molecule has 3 heterocycles.